The minimum Gasteiger partial charge on any atom is -0.477 e. The lowest BCUT2D eigenvalue weighted by molar-refractivity contribution is 0.0701. The van der Waals surface area contributed by atoms with Crippen LogP contribution in [-0.4, -0.2) is 37.6 Å². The number of thiazole rings is 1. The lowest BCUT2D eigenvalue weighted by Gasteiger charge is -2.19. The van der Waals surface area contributed by atoms with Crippen molar-refractivity contribution in [1.29, 1.82) is 0 Å². The van der Waals surface area contributed by atoms with E-state index >= 15 is 0 Å². The van der Waals surface area contributed by atoms with Gasteiger partial charge in [0.1, 0.15) is 16.5 Å². The summed E-state index contributed by atoms with van der Waals surface area (Å²) in [5.41, 5.74) is 2.64. The van der Waals surface area contributed by atoms with Crippen LogP contribution < -0.4 is 15.5 Å². The van der Waals surface area contributed by atoms with E-state index in [9.17, 15) is 9.90 Å². The zero-order chi connectivity index (χ0) is 22.8. The van der Waals surface area contributed by atoms with Gasteiger partial charge in [-0.15, -0.1) is 11.3 Å². The number of aromatic carboxylic acids is 1. The van der Waals surface area contributed by atoms with Crippen molar-refractivity contribution in [3.63, 3.8) is 0 Å². The van der Waals surface area contributed by atoms with Crippen LogP contribution in [0.15, 0.2) is 42.0 Å². The minimum atomic E-state index is -0.992. The summed E-state index contributed by atoms with van der Waals surface area (Å²) in [6.07, 6.45) is 4.46. The van der Waals surface area contributed by atoms with Crippen LogP contribution in [0.1, 0.15) is 31.4 Å². The van der Waals surface area contributed by atoms with Crippen LogP contribution in [0.25, 0.3) is 0 Å². The monoisotopic (exact) mass is 479 g/mol. The number of hydrogen-bond donors (Lipinski definition) is 3. The highest BCUT2D eigenvalue weighted by Crippen LogP contribution is 2.35. The molecule has 0 unspecified atom stereocenters. The number of carboxylic acids is 1. The van der Waals surface area contributed by atoms with E-state index in [4.69, 9.17) is 9.97 Å². The van der Waals surface area contributed by atoms with E-state index in [1.807, 2.05) is 24.4 Å². The fourth-order valence-corrected chi connectivity index (χ4v) is 5.16. The Morgan fingerprint density at radius 2 is 2.15 bits per heavy atom. The average Bonchev–Trinajstić information content (AvgIpc) is 3.54. The first-order chi connectivity index (χ1) is 16.1. The zero-order valence-electron chi connectivity index (χ0n) is 17.8. The summed E-state index contributed by atoms with van der Waals surface area (Å²) in [7, 11) is 0. The van der Waals surface area contributed by atoms with Crippen LogP contribution in [0.2, 0.25) is 0 Å². The van der Waals surface area contributed by atoms with E-state index < -0.39 is 5.97 Å². The highest BCUT2D eigenvalue weighted by Gasteiger charge is 2.26. The van der Waals surface area contributed by atoms with Gasteiger partial charge in [-0.25, -0.2) is 9.78 Å². The van der Waals surface area contributed by atoms with E-state index in [2.05, 4.69) is 36.9 Å². The Morgan fingerprint density at radius 1 is 1.24 bits per heavy atom. The molecule has 1 aliphatic heterocycles. The molecule has 33 heavy (non-hydrogen) atoms. The van der Waals surface area contributed by atoms with E-state index in [1.165, 1.54) is 4.88 Å². The molecular weight excluding hydrogens is 458 g/mol. The number of fused-ring (bicyclic) bond motifs is 1. The number of hydrogen-bond acceptors (Lipinski definition) is 10. The highest BCUT2D eigenvalue weighted by molar-refractivity contribution is 7.17. The topological polar surface area (TPSA) is 116 Å². The van der Waals surface area contributed by atoms with E-state index in [1.54, 1.807) is 24.5 Å². The second kappa shape index (κ2) is 9.12. The van der Waals surface area contributed by atoms with E-state index in [-0.39, 0.29) is 4.88 Å². The van der Waals surface area contributed by atoms with Crippen molar-refractivity contribution in [3.05, 3.63) is 68.6 Å². The number of thiophene rings is 1. The molecule has 9 nitrogen and oxygen atoms in total. The molecule has 0 fully saturated rings. The number of rotatable bonds is 8. The second-order valence-corrected chi connectivity index (χ2v) is 9.56. The molecule has 4 aromatic rings. The lowest BCUT2D eigenvalue weighted by Crippen LogP contribution is -2.21. The first-order valence-corrected chi connectivity index (χ1v) is 12.0. The van der Waals surface area contributed by atoms with Crippen molar-refractivity contribution in [2.75, 3.05) is 22.1 Å². The maximum absolute atomic E-state index is 11.4. The molecule has 4 aromatic heterocycles. The molecule has 3 N–H and O–H groups in total. The van der Waals surface area contributed by atoms with Crippen molar-refractivity contribution in [3.8, 4) is 0 Å². The molecule has 0 bridgehead atoms. The number of nitrogens with zero attached hydrogens (tertiary/aromatic N) is 5. The lowest BCUT2D eigenvalue weighted by atomic mass is 10.2. The fourth-order valence-electron chi connectivity index (χ4n) is 3.71. The van der Waals surface area contributed by atoms with Crippen LogP contribution in [0, 0.1) is 6.92 Å². The van der Waals surface area contributed by atoms with Crippen molar-refractivity contribution < 1.29 is 9.90 Å². The number of anilines is 4. The van der Waals surface area contributed by atoms with Crippen LogP contribution in [0.3, 0.4) is 0 Å². The summed E-state index contributed by atoms with van der Waals surface area (Å²) in [5.74, 6) is 1.02. The normalized spacial score (nSPS) is 12.6. The molecule has 11 heteroatoms. The first-order valence-electron chi connectivity index (χ1n) is 10.4. The molecule has 168 valence electrons. The van der Waals surface area contributed by atoms with Gasteiger partial charge in [0, 0.05) is 35.9 Å². The smallest absolute Gasteiger partial charge is 0.347 e. The average molecular weight is 480 g/mol. The summed E-state index contributed by atoms with van der Waals surface area (Å²) < 4.78 is 0. The Bertz CT molecular complexity index is 1280. The van der Waals surface area contributed by atoms with Crippen molar-refractivity contribution >= 4 is 51.4 Å². The predicted molar refractivity (Wildman–Crippen MR) is 130 cm³/mol. The van der Waals surface area contributed by atoms with Crippen LogP contribution in [-0.2, 0) is 19.5 Å². The Morgan fingerprint density at radius 3 is 2.88 bits per heavy atom. The Labute approximate surface area is 198 Å². The van der Waals surface area contributed by atoms with Crippen LogP contribution in [0.4, 0.5) is 22.7 Å². The van der Waals surface area contributed by atoms with Crippen LogP contribution in [0.5, 0.6) is 0 Å². The number of aromatic nitrogens is 4. The number of carboxylic acid groups (broad SMARTS) is 1. The quantitative estimate of drug-likeness (QED) is 0.340. The molecule has 0 amide bonds. The Balaban J connectivity index is 1.46. The van der Waals surface area contributed by atoms with Gasteiger partial charge in [0.25, 0.3) is 0 Å². The Kier molecular flexibility index (Phi) is 5.88. The number of nitrogens with one attached hydrogen (secondary N) is 2. The van der Waals surface area contributed by atoms with Gasteiger partial charge in [0.2, 0.25) is 5.95 Å². The molecule has 0 atom stereocenters. The fraction of sp³-hybridized carbons (Fsp3) is 0.227. The van der Waals surface area contributed by atoms with Gasteiger partial charge in [-0.2, -0.15) is 9.97 Å². The number of aryl methyl sites for hydroxylation is 1. The van der Waals surface area contributed by atoms with Crippen LogP contribution >= 0.6 is 22.7 Å². The number of carbonyl (C=O) groups is 1. The molecule has 5 heterocycles. The standard InChI is InChI=1S/C22H21N7O2S2/c1-13-17(20(30)31)33-22(25-13)28-21-26-18(24-11-15-5-3-9-32-15)16-6-8-29(19(16)27-21)12-14-4-2-7-23-10-14/h2-5,7,9-10H,6,8,11-12H2,1H3,(H,30,31)(H2,24,25,26,27,28). The minimum absolute atomic E-state index is 0.202. The Hall–Kier alpha value is -3.57. The van der Waals surface area contributed by atoms with E-state index in [0.717, 1.165) is 47.1 Å². The first kappa shape index (κ1) is 21.3. The van der Waals surface area contributed by atoms with Crippen molar-refractivity contribution in [2.24, 2.45) is 0 Å². The molecule has 0 saturated heterocycles. The summed E-state index contributed by atoms with van der Waals surface area (Å²) in [4.78, 5) is 33.1. The molecular formula is C22H21N7O2S2. The maximum Gasteiger partial charge on any atom is 0.347 e. The van der Waals surface area contributed by atoms with Crippen molar-refractivity contribution in [1.82, 2.24) is 19.9 Å². The summed E-state index contributed by atoms with van der Waals surface area (Å²) >= 11 is 2.76. The summed E-state index contributed by atoms with van der Waals surface area (Å²) in [6, 6.07) is 8.09. The zero-order valence-corrected chi connectivity index (χ0v) is 19.4. The van der Waals surface area contributed by atoms with Gasteiger partial charge in [-0.3, -0.25) is 10.3 Å². The SMILES string of the molecule is Cc1nc(Nc2nc(NCc3cccs3)c3c(n2)N(Cc2cccnc2)CC3)sc1C(=O)O. The number of pyridine rings is 1. The molecule has 0 aliphatic carbocycles. The summed E-state index contributed by atoms with van der Waals surface area (Å²) in [6.45, 7) is 3.87. The van der Waals surface area contributed by atoms with Gasteiger partial charge in [0.15, 0.2) is 5.13 Å². The molecule has 0 radical (unpaired) electrons. The molecule has 5 rings (SSSR count). The predicted octanol–water partition coefficient (Wildman–Crippen LogP) is 4.31. The third-order valence-electron chi connectivity index (χ3n) is 5.23. The van der Waals surface area contributed by atoms with Gasteiger partial charge < -0.3 is 15.3 Å². The molecule has 1 aliphatic rings. The van der Waals surface area contributed by atoms with Crippen molar-refractivity contribution in [2.45, 2.75) is 26.4 Å². The third-order valence-corrected chi connectivity index (χ3v) is 7.17. The summed E-state index contributed by atoms with van der Waals surface area (Å²) in [5, 5.41) is 18.4. The highest BCUT2D eigenvalue weighted by atomic mass is 32.1. The maximum atomic E-state index is 11.4. The molecule has 0 spiro atoms. The second-order valence-electron chi connectivity index (χ2n) is 7.53. The van der Waals surface area contributed by atoms with E-state index in [0.29, 0.717) is 29.9 Å². The van der Waals surface area contributed by atoms with Gasteiger partial charge >= 0.3 is 5.97 Å². The largest absolute Gasteiger partial charge is 0.477 e. The molecule has 0 saturated carbocycles. The third kappa shape index (κ3) is 4.64. The molecule has 0 aromatic carbocycles. The van der Waals surface area contributed by atoms with Gasteiger partial charge in [-0.05, 0) is 36.4 Å². The van der Waals surface area contributed by atoms with Gasteiger partial charge in [-0.1, -0.05) is 23.5 Å². The van der Waals surface area contributed by atoms with Gasteiger partial charge in [0.05, 0.1) is 12.2 Å².